The van der Waals surface area contributed by atoms with Crippen LogP contribution in [0.25, 0.3) is 11.1 Å². The zero-order chi connectivity index (χ0) is 13.9. The van der Waals surface area contributed by atoms with E-state index in [0.717, 1.165) is 12.1 Å². The van der Waals surface area contributed by atoms with E-state index >= 15 is 0 Å². The SMILES string of the molecule is O=PCc1ccc(-c2cccc(C(F)(F)F)c2)cn1. The molecule has 0 unspecified atom stereocenters. The van der Waals surface area contributed by atoms with Crippen LogP contribution in [-0.4, -0.2) is 4.98 Å². The van der Waals surface area contributed by atoms with Gasteiger partial charge in [-0.15, -0.1) is 0 Å². The van der Waals surface area contributed by atoms with Crippen LogP contribution in [0, 0.1) is 0 Å². The first-order chi connectivity index (χ1) is 9.00. The van der Waals surface area contributed by atoms with Gasteiger partial charge in [0.1, 0.15) is 0 Å². The molecule has 0 saturated heterocycles. The molecule has 1 aromatic heterocycles. The minimum Gasteiger partial charge on any atom is -0.275 e. The number of alkyl halides is 3. The molecule has 98 valence electrons. The monoisotopic (exact) mass is 283 g/mol. The van der Waals surface area contributed by atoms with Crippen LogP contribution in [0.1, 0.15) is 11.3 Å². The molecule has 0 spiro atoms. The molecule has 1 heterocycles. The highest BCUT2D eigenvalue weighted by atomic mass is 31.1. The van der Waals surface area contributed by atoms with E-state index < -0.39 is 11.7 Å². The van der Waals surface area contributed by atoms with Crippen LogP contribution in [0.4, 0.5) is 13.2 Å². The van der Waals surface area contributed by atoms with Crippen LogP contribution in [-0.2, 0) is 16.9 Å². The normalized spacial score (nSPS) is 11.7. The summed E-state index contributed by atoms with van der Waals surface area (Å²) in [6, 6.07) is 8.40. The Morgan fingerprint density at radius 1 is 1.11 bits per heavy atom. The topological polar surface area (TPSA) is 30.0 Å². The third-order valence-corrected chi connectivity index (χ3v) is 3.03. The molecule has 0 fully saturated rings. The van der Waals surface area contributed by atoms with Gasteiger partial charge in [-0.1, -0.05) is 18.2 Å². The third kappa shape index (κ3) is 3.38. The number of halogens is 3. The number of hydrogen-bond donors (Lipinski definition) is 0. The van der Waals surface area contributed by atoms with E-state index in [2.05, 4.69) is 4.98 Å². The van der Waals surface area contributed by atoms with Crippen LogP contribution >= 0.6 is 8.46 Å². The van der Waals surface area contributed by atoms with Gasteiger partial charge in [-0.3, -0.25) is 9.55 Å². The summed E-state index contributed by atoms with van der Waals surface area (Å²) < 4.78 is 48.2. The summed E-state index contributed by atoms with van der Waals surface area (Å²) in [5, 5.41) is 0. The van der Waals surface area contributed by atoms with Crippen molar-refractivity contribution >= 4 is 8.46 Å². The Bertz CT molecular complexity index is 581. The second kappa shape index (κ2) is 5.49. The minimum atomic E-state index is -4.36. The lowest BCUT2D eigenvalue weighted by Gasteiger charge is -2.08. The summed E-state index contributed by atoms with van der Waals surface area (Å²) in [6.07, 6.45) is -2.58. The number of aromatic nitrogens is 1. The van der Waals surface area contributed by atoms with Crippen molar-refractivity contribution in [2.75, 3.05) is 0 Å². The maximum Gasteiger partial charge on any atom is 0.416 e. The fourth-order valence-electron chi connectivity index (χ4n) is 1.63. The molecular formula is C13H9F3NOP. The predicted octanol–water partition coefficient (Wildman–Crippen LogP) is 4.56. The lowest BCUT2D eigenvalue weighted by Crippen LogP contribution is -2.04. The summed E-state index contributed by atoms with van der Waals surface area (Å²) in [5.74, 6) is 0. The molecule has 0 bridgehead atoms. The standard InChI is InChI=1S/C13H9F3NOP/c14-13(15,16)11-3-1-2-9(6-11)10-4-5-12(8-19-18)17-7-10/h1-7H,8H2. The van der Waals surface area contributed by atoms with Gasteiger partial charge >= 0.3 is 6.18 Å². The number of benzene rings is 1. The molecule has 0 aliphatic carbocycles. The summed E-state index contributed by atoms with van der Waals surface area (Å²) in [7, 11) is -0.0357. The zero-order valence-electron chi connectivity index (χ0n) is 9.69. The first-order valence-corrected chi connectivity index (χ1v) is 6.42. The molecule has 19 heavy (non-hydrogen) atoms. The van der Waals surface area contributed by atoms with E-state index in [1.165, 1.54) is 12.3 Å². The Morgan fingerprint density at radius 2 is 1.89 bits per heavy atom. The van der Waals surface area contributed by atoms with Crippen molar-refractivity contribution in [3.63, 3.8) is 0 Å². The molecule has 0 N–H and O–H groups in total. The van der Waals surface area contributed by atoms with Gasteiger partial charge in [0.05, 0.1) is 17.4 Å². The molecule has 0 aliphatic heterocycles. The summed E-state index contributed by atoms with van der Waals surface area (Å²) in [4.78, 5) is 4.05. The predicted molar refractivity (Wildman–Crippen MR) is 66.0 cm³/mol. The Labute approximate surface area is 109 Å². The molecule has 2 aromatic rings. The van der Waals surface area contributed by atoms with Gasteiger partial charge in [-0.05, 0) is 23.8 Å². The van der Waals surface area contributed by atoms with E-state index in [1.807, 2.05) is 0 Å². The van der Waals surface area contributed by atoms with E-state index in [-0.39, 0.29) is 8.46 Å². The summed E-state index contributed by atoms with van der Waals surface area (Å²) in [6.45, 7) is 0. The molecule has 1 aromatic carbocycles. The molecule has 0 amide bonds. The van der Waals surface area contributed by atoms with Gasteiger partial charge in [0.2, 0.25) is 0 Å². The van der Waals surface area contributed by atoms with Crippen molar-refractivity contribution in [2.24, 2.45) is 0 Å². The van der Waals surface area contributed by atoms with Gasteiger partial charge in [-0.2, -0.15) is 13.2 Å². The second-order valence-corrected chi connectivity index (χ2v) is 4.48. The quantitative estimate of drug-likeness (QED) is 0.773. The van der Waals surface area contributed by atoms with Crippen molar-refractivity contribution in [2.45, 2.75) is 12.3 Å². The van der Waals surface area contributed by atoms with Crippen molar-refractivity contribution in [1.29, 1.82) is 0 Å². The summed E-state index contributed by atoms with van der Waals surface area (Å²) >= 11 is 0. The molecule has 0 radical (unpaired) electrons. The van der Waals surface area contributed by atoms with Crippen LogP contribution < -0.4 is 0 Å². The maximum atomic E-state index is 12.6. The number of nitrogens with zero attached hydrogens (tertiary/aromatic N) is 1. The fraction of sp³-hybridized carbons (Fsp3) is 0.154. The van der Waals surface area contributed by atoms with E-state index in [4.69, 9.17) is 0 Å². The highest BCUT2D eigenvalue weighted by molar-refractivity contribution is 7.22. The summed E-state index contributed by atoms with van der Waals surface area (Å²) in [5.41, 5.74) is 0.991. The second-order valence-electron chi connectivity index (χ2n) is 3.90. The molecule has 0 atom stereocenters. The number of hydrogen-bond acceptors (Lipinski definition) is 2. The van der Waals surface area contributed by atoms with E-state index in [0.29, 0.717) is 23.0 Å². The fourth-order valence-corrected chi connectivity index (χ4v) is 1.95. The molecule has 2 rings (SSSR count). The highest BCUT2D eigenvalue weighted by Crippen LogP contribution is 2.32. The Morgan fingerprint density at radius 3 is 2.47 bits per heavy atom. The molecular weight excluding hydrogens is 274 g/mol. The molecule has 0 aliphatic rings. The smallest absolute Gasteiger partial charge is 0.275 e. The number of pyridine rings is 1. The first kappa shape index (κ1) is 13.7. The van der Waals surface area contributed by atoms with E-state index in [9.17, 15) is 17.7 Å². The Balaban J connectivity index is 2.34. The Hall–Kier alpha value is -1.74. The molecule has 2 nitrogen and oxygen atoms in total. The lowest BCUT2D eigenvalue weighted by atomic mass is 10.0. The zero-order valence-corrected chi connectivity index (χ0v) is 10.6. The highest BCUT2D eigenvalue weighted by Gasteiger charge is 2.30. The van der Waals surface area contributed by atoms with Gasteiger partial charge in [0.15, 0.2) is 8.46 Å². The maximum absolute atomic E-state index is 12.6. The first-order valence-electron chi connectivity index (χ1n) is 5.42. The Kier molecular flexibility index (Phi) is 3.96. The van der Waals surface area contributed by atoms with Gasteiger partial charge in [-0.25, -0.2) is 0 Å². The average molecular weight is 283 g/mol. The minimum absolute atomic E-state index is 0.0357. The van der Waals surface area contributed by atoms with Crippen LogP contribution in [0.15, 0.2) is 42.6 Å². The lowest BCUT2D eigenvalue weighted by molar-refractivity contribution is -0.137. The third-order valence-electron chi connectivity index (χ3n) is 2.57. The van der Waals surface area contributed by atoms with E-state index in [1.54, 1.807) is 18.2 Å². The van der Waals surface area contributed by atoms with Crippen molar-refractivity contribution < 1.29 is 17.7 Å². The largest absolute Gasteiger partial charge is 0.416 e. The van der Waals surface area contributed by atoms with Crippen LogP contribution in [0.5, 0.6) is 0 Å². The van der Waals surface area contributed by atoms with Crippen molar-refractivity contribution in [1.82, 2.24) is 4.98 Å². The van der Waals surface area contributed by atoms with Gasteiger partial charge in [0.25, 0.3) is 0 Å². The van der Waals surface area contributed by atoms with Crippen molar-refractivity contribution in [3.8, 4) is 11.1 Å². The van der Waals surface area contributed by atoms with Crippen LogP contribution in [0.2, 0.25) is 0 Å². The molecule has 6 heteroatoms. The molecule has 0 saturated carbocycles. The van der Waals surface area contributed by atoms with Gasteiger partial charge in [0, 0.05) is 11.8 Å². The van der Waals surface area contributed by atoms with Crippen LogP contribution in [0.3, 0.4) is 0 Å². The van der Waals surface area contributed by atoms with Crippen molar-refractivity contribution in [3.05, 3.63) is 53.9 Å². The number of rotatable bonds is 3. The van der Waals surface area contributed by atoms with Gasteiger partial charge < -0.3 is 0 Å². The average Bonchev–Trinajstić information content (AvgIpc) is 2.39.